The maximum atomic E-state index is 12.4. The van der Waals surface area contributed by atoms with E-state index in [9.17, 15) is 18.0 Å². The van der Waals surface area contributed by atoms with Gasteiger partial charge in [-0.1, -0.05) is 23.2 Å². The van der Waals surface area contributed by atoms with Gasteiger partial charge in [-0.15, -0.1) is 0 Å². The molecule has 0 unspecified atom stereocenters. The Labute approximate surface area is 184 Å². The molecule has 0 atom stereocenters. The van der Waals surface area contributed by atoms with Crippen LogP contribution in [-0.2, 0) is 19.6 Å². The average Bonchev–Trinajstić information content (AvgIpc) is 2.68. The largest absolute Gasteiger partial charge is 0.495 e. The summed E-state index contributed by atoms with van der Waals surface area (Å²) in [5.74, 6) is -1.23. The van der Waals surface area contributed by atoms with E-state index >= 15 is 0 Å². The van der Waals surface area contributed by atoms with Crippen LogP contribution in [0.15, 0.2) is 35.2 Å². The summed E-state index contributed by atoms with van der Waals surface area (Å²) in [4.78, 5) is 24.4. The third kappa shape index (κ3) is 5.42. The number of amides is 1. The van der Waals surface area contributed by atoms with Crippen molar-refractivity contribution < 1.29 is 27.5 Å². The van der Waals surface area contributed by atoms with E-state index in [1.807, 2.05) is 0 Å². The smallest absolute Gasteiger partial charge is 0.340 e. The molecule has 2 aromatic carbocycles. The third-order valence-electron chi connectivity index (χ3n) is 4.03. The predicted molar refractivity (Wildman–Crippen MR) is 114 cm³/mol. The number of nitrogens with zero attached hydrogens (tertiary/aromatic N) is 1. The Morgan fingerprint density at radius 3 is 2.37 bits per heavy atom. The molecule has 0 fully saturated rings. The first kappa shape index (κ1) is 23.9. The number of anilines is 1. The van der Waals surface area contributed by atoms with Crippen LogP contribution >= 0.6 is 23.2 Å². The zero-order chi connectivity index (χ0) is 22.6. The Morgan fingerprint density at radius 1 is 1.10 bits per heavy atom. The number of carbonyl (C=O) groups is 2. The SMILES string of the molecule is COc1cc(Cl)c(C)cc1NC(=O)COC(=O)c1cc(S(=O)(=O)N(C)C)ccc1Cl. The van der Waals surface area contributed by atoms with E-state index in [1.54, 1.807) is 19.1 Å². The Morgan fingerprint density at radius 2 is 1.77 bits per heavy atom. The molecule has 0 saturated heterocycles. The van der Waals surface area contributed by atoms with Gasteiger partial charge in [0.25, 0.3) is 5.91 Å². The molecular formula is C19H20Cl2N2O6S. The van der Waals surface area contributed by atoms with E-state index in [-0.39, 0.29) is 15.5 Å². The summed E-state index contributed by atoms with van der Waals surface area (Å²) in [6, 6.07) is 6.82. The molecule has 1 N–H and O–H groups in total. The standard InChI is InChI=1S/C19H20Cl2N2O6S/c1-11-7-16(17(28-4)9-15(11)21)22-18(24)10-29-19(25)13-8-12(5-6-14(13)20)30(26,27)23(2)3/h5-9H,10H2,1-4H3,(H,22,24). The van der Waals surface area contributed by atoms with Crippen LogP contribution in [0.25, 0.3) is 0 Å². The molecule has 0 saturated carbocycles. The van der Waals surface area contributed by atoms with Crippen molar-refractivity contribution in [1.29, 1.82) is 0 Å². The topological polar surface area (TPSA) is 102 Å². The van der Waals surface area contributed by atoms with Gasteiger partial charge in [-0.3, -0.25) is 4.79 Å². The number of nitrogens with one attached hydrogen (secondary N) is 1. The zero-order valence-electron chi connectivity index (χ0n) is 16.7. The molecule has 30 heavy (non-hydrogen) atoms. The molecule has 0 spiro atoms. The second-order valence-electron chi connectivity index (χ2n) is 6.36. The molecule has 0 aliphatic heterocycles. The van der Waals surface area contributed by atoms with Crippen LogP contribution in [0.2, 0.25) is 10.0 Å². The molecule has 1 amide bonds. The molecule has 0 radical (unpaired) electrons. The lowest BCUT2D eigenvalue weighted by Gasteiger charge is -2.14. The number of hydrogen-bond donors (Lipinski definition) is 1. The molecule has 162 valence electrons. The summed E-state index contributed by atoms with van der Waals surface area (Å²) in [6.07, 6.45) is 0. The fourth-order valence-electron chi connectivity index (χ4n) is 2.36. The van der Waals surface area contributed by atoms with Crippen molar-refractivity contribution in [2.75, 3.05) is 33.1 Å². The number of sulfonamides is 1. The van der Waals surface area contributed by atoms with Crippen LogP contribution in [0, 0.1) is 6.92 Å². The zero-order valence-corrected chi connectivity index (χ0v) is 19.0. The normalized spacial score (nSPS) is 11.3. The number of carbonyl (C=O) groups excluding carboxylic acids is 2. The minimum atomic E-state index is -3.77. The highest BCUT2D eigenvalue weighted by molar-refractivity contribution is 7.89. The van der Waals surface area contributed by atoms with Gasteiger partial charge in [0.15, 0.2) is 6.61 Å². The van der Waals surface area contributed by atoms with E-state index in [1.165, 1.54) is 33.3 Å². The number of benzene rings is 2. The van der Waals surface area contributed by atoms with Crippen LogP contribution in [0.5, 0.6) is 5.75 Å². The minimum Gasteiger partial charge on any atom is -0.495 e. The first-order chi connectivity index (χ1) is 14.0. The fourth-order valence-corrected chi connectivity index (χ4v) is 3.63. The van der Waals surface area contributed by atoms with Crippen molar-refractivity contribution in [2.24, 2.45) is 0 Å². The van der Waals surface area contributed by atoms with Crippen LogP contribution in [-0.4, -0.2) is 52.4 Å². The van der Waals surface area contributed by atoms with Gasteiger partial charge >= 0.3 is 5.97 Å². The number of rotatable bonds is 7. The molecule has 0 heterocycles. The third-order valence-corrected chi connectivity index (χ3v) is 6.57. The highest BCUT2D eigenvalue weighted by atomic mass is 35.5. The Kier molecular flexibility index (Phi) is 7.70. The number of ether oxygens (including phenoxy) is 2. The summed E-state index contributed by atoms with van der Waals surface area (Å²) in [5.41, 5.74) is 0.903. The molecule has 0 bridgehead atoms. The van der Waals surface area contributed by atoms with E-state index in [0.29, 0.717) is 16.5 Å². The second-order valence-corrected chi connectivity index (χ2v) is 9.32. The lowest BCUT2D eigenvalue weighted by molar-refractivity contribution is -0.119. The number of aryl methyl sites for hydroxylation is 1. The van der Waals surface area contributed by atoms with Gasteiger partial charge in [-0.2, -0.15) is 0 Å². The van der Waals surface area contributed by atoms with Crippen molar-refractivity contribution >= 4 is 50.8 Å². The summed E-state index contributed by atoms with van der Waals surface area (Å²) < 4.78 is 35.6. The summed E-state index contributed by atoms with van der Waals surface area (Å²) in [5, 5.41) is 3.03. The van der Waals surface area contributed by atoms with Gasteiger partial charge < -0.3 is 14.8 Å². The van der Waals surface area contributed by atoms with Crippen molar-refractivity contribution in [2.45, 2.75) is 11.8 Å². The minimum absolute atomic E-state index is 0.00638. The molecule has 0 aliphatic rings. The Bertz CT molecular complexity index is 1090. The lowest BCUT2D eigenvalue weighted by atomic mass is 10.2. The fraction of sp³-hybridized carbons (Fsp3) is 0.263. The summed E-state index contributed by atoms with van der Waals surface area (Å²) in [6.45, 7) is 1.14. The van der Waals surface area contributed by atoms with E-state index in [0.717, 1.165) is 15.9 Å². The monoisotopic (exact) mass is 474 g/mol. The summed E-state index contributed by atoms with van der Waals surface area (Å²) in [7, 11) is 0.370. The maximum Gasteiger partial charge on any atom is 0.340 e. The van der Waals surface area contributed by atoms with Crippen molar-refractivity contribution in [3.05, 3.63) is 51.5 Å². The van der Waals surface area contributed by atoms with Gasteiger partial charge in [0.2, 0.25) is 10.0 Å². The average molecular weight is 475 g/mol. The van der Waals surface area contributed by atoms with Crippen LogP contribution < -0.4 is 10.1 Å². The predicted octanol–water partition coefficient (Wildman–Crippen LogP) is 3.36. The van der Waals surface area contributed by atoms with Gasteiger partial charge in [0, 0.05) is 25.2 Å². The van der Waals surface area contributed by atoms with Gasteiger partial charge in [0.1, 0.15) is 5.75 Å². The molecule has 2 aromatic rings. The van der Waals surface area contributed by atoms with E-state index in [4.69, 9.17) is 32.7 Å². The second kappa shape index (κ2) is 9.65. The van der Waals surface area contributed by atoms with Crippen LogP contribution in [0.3, 0.4) is 0 Å². The van der Waals surface area contributed by atoms with E-state index in [2.05, 4.69) is 5.32 Å². The molecule has 11 heteroatoms. The van der Waals surface area contributed by atoms with Crippen molar-refractivity contribution in [3.63, 3.8) is 0 Å². The van der Waals surface area contributed by atoms with E-state index < -0.39 is 28.5 Å². The Hall–Kier alpha value is -2.33. The van der Waals surface area contributed by atoms with Gasteiger partial charge in [-0.05, 0) is 36.8 Å². The van der Waals surface area contributed by atoms with Crippen molar-refractivity contribution in [1.82, 2.24) is 4.31 Å². The molecule has 0 aromatic heterocycles. The quantitative estimate of drug-likeness (QED) is 0.617. The maximum absolute atomic E-state index is 12.4. The Balaban J connectivity index is 2.13. The highest BCUT2D eigenvalue weighted by Crippen LogP contribution is 2.31. The molecule has 8 nitrogen and oxygen atoms in total. The van der Waals surface area contributed by atoms with Gasteiger partial charge in [0.05, 0.1) is 28.3 Å². The lowest BCUT2D eigenvalue weighted by Crippen LogP contribution is -2.23. The van der Waals surface area contributed by atoms with Crippen molar-refractivity contribution in [3.8, 4) is 5.75 Å². The van der Waals surface area contributed by atoms with Gasteiger partial charge in [-0.25, -0.2) is 17.5 Å². The number of halogens is 2. The molecule has 0 aliphatic carbocycles. The molecule has 2 rings (SSSR count). The number of hydrogen-bond acceptors (Lipinski definition) is 6. The molecular weight excluding hydrogens is 455 g/mol. The first-order valence-electron chi connectivity index (χ1n) is 8.50. The number of methoxy groups -OCH3 is 1. The van der Waals surface area contributed by atoms with Crippen LogP contribution in [0.4, 0.5) is 5.69 Å². The summed E-state index contributed by atoms with van der Waals surface area (Å²) >= 11 is 12.0. The first-order valence-corrected chi connectivity index (χ1v) is 10.7. The van der Waals surface area contributed by atoms with Crippen LogP contribution in [0.1, 0.15) is 15.9 Å². The number of esters is 1. The highest BCUT2D eigenvalue weighted by Gasteiger charge is 2.22.